The number of H-pyrrole nitrogens is 1. The number of hydrogen-bond donors (Lipinski definition) is 2. The van der Waals surface area contributed by atoms with Gasteiger partial charge in [0.1, 0.15) is 26.9 Å². The molecule has 0 unspecified atom stereocenters. The fourth-order valence-electron chi connectivity index (χ4n) is 3.08. The Morgan fingerprint density at radius 1 is 1.07 bits per heavy atom. The maximum atomic E-state index is 13.8. The molecule has 0 bridgehead atoms. The Morgan fingerprint density at radius 3 is 2.87 bits per heavy atom. The van der Waals surface area contributed by atoms with Crippen LogP contribution in [0.5, 0.6) is 0 Å². The highest BCUT2D eigenvalue weighted by molar-refractivity contribution is 14.1. The SMILES string of the molecule is Fc1ccc2nc([C@H](I)N=C3NC=C=Cc4[nH]cnc43)c(-c3ccccn3)nc2c1. The lowest BCUT2D eigenvalue weighted by Gasteiger charge is -2.13. The number of aliphatic imine (C=N–C) groups is 1. The second-order valence-corrected chi connectivity index (χ2v) is 7.56. The molecular formula is C21H13FIN7. The van der Waals surface area contributed by atoms with E-state index in [-0.39, 0.29) is 5.82 Å². The number of nitrogens with zero attached hydrogens (tertiary/aromatic N) is 5. The van der Waals surface area contributed by atoms with E-state index in [0.29, 0.717) is 39.6 Å². The van der Waals surface area contributed by atoms with E-state index in [1.165, 1.54) is 12.1 Å². The van der Waals surface area contributed by atoms with Gasteiger partial charge in [-0.3, -0.25) is 4.98 Å². The van der Waals surface area contributed by atoms with Crippen LogP contribution in [0.1, 0.15) is 21.1 Å². The number of rotatable bonds is 3. The summed E-state index contributed by atoms with van der Waals surface area (Å²) < 4.78 is 13.3. The molecule has 0 radical (unpaired) electrons. The topological polar surface area (TPSA) is 91.7 Å². The first-order valence-electron chi connectivity index (χ1n) is 9.01. The fourth-order valence-corrected chi connectivity index (χ4v) is 3.79. The van der Waals surface area contributed by atoms with Crippen LogP contribution in [-0.4, -0.2) is 30.8 Å². The van der Waals surface area contributed by atoms with Gasteiger partial charge >= 0.3 is 0 Å². The van der Waals surface area contributed by atoms with Crippen LogP contribution in [0, 0.1) is 5.82 Å². The molecule has 3 aromatic heterocycles. The molecular weight excluding hydrogens is 496 g/mol. The molecule has 4 aromatic rings. The lowest BCUT2D eigenvalue weighted by molar-refractivity contribution is 0.629. The molecule has 0 spiro atoms. The van der Waals surface area contributed by atoms with Crippen molar-refractivity contribution in [3.05, 3.63) is 83.8 Å². The molecule has 5 rings (SSSR count). The molecule has 2 N–H and O–H groups in total. The van der Waals surface area contributed by atoms with Crippen molar-refractivity contribution in [2.24, 2.45) is 4.99 Å². The maximum absolute atomic E-state index is 13.8. The molecule has 9 heteroatoms. The lowest BCUT2D eigenvalue weighted by Crippen LogP contribution is -2.20. The van der Waals surface area contributed by atoms with E-state index < -0.39 is 4.05 Å². The number of benzene rings is 1. The number of hydrogen-bond acceptors (Lipinski definition) is 5. The van der Waals surface area contributed by atoms with E-state index in [9.17, 15) is 4.39 Å². The minimum absolute atomic E-state index is 0.365. The minimum Gasteiger partial charge on any atom is -0.344 e. The van der Waals surface area contributed by atoms with E-state index in [0.717, 1.165) is 5.69 Å². The highest BCUT2D eigenvalue weighted by Gasteiger charge is 2.21. The predicted octanol–water partition coefficient (Wildman–Crippen LogP) is 4.16. The fraction of sp³-hybridized carbons (Fsp3) is 0.0476. The monoisotopic (exact) mass is 509 g/mol. The molecule has 1 atom stereocenters. The third-order valence-corrected chi connectivity index (χ3v) is 5.31. The summed E-state index contributed by atoms with van der Waals surface area (Å²) in [6, 6.07) is 9.89. The average molecular weight is 509 g/mol. The molecule has 1 aliphatic rings. The van der Waals surface area contributed by atoms with Gasteiger partial charge in [0.25, 0.3) is 0 Å². The van der Waals surface area contributed by atoms with Gasteiger partial charge in [-0.25, -0.2) is 24.3 Å². The Bertz CT molecular complexity index is 1340. The molecule has 0 saturated carbocycles. The number of aromatic amines is 1. The number of aromatic nitrogens is 5. The number of amidine groups is 1. The van der Waals surface area contributed by atoms with Crippen LogP contribution in [-0.2, 0) is 0 Å². The summed E-state index contributed by atoms with van der Waals surface area (Å²) in [4.78, 5) is 26.0. The van der Waals surface area contributed by atoms with Crippen molar-refractivity contribution in [2.75, 3.05) is 0 Å². The Morgan fingerprint density at radius 2 is 2.00 bits per heavy atom. The highest BCUT2D eigenvalue weighted by atomic mass is 127. The Kier molecular flexibility index (Phi) is 4.82. The molecule has 7 nitrogen and oxygen atoms in total. The lowest BCUT2D eigenvalue weighted by atomic mass is 10.2. The Labute approximate surface area is 184 Å². The van der Waals surface area contributed by atoms with Crippen LogP contribution in [0.3, 0.4) is 0 Å². The molecule has 30 heavy (non-hydrogen) atoms. The van der Waals surface area contributed by atoms with Gasteiger partial charge in [0.15, 0.2) is 5.84 Å². The number of fused-ring (bicyclic) bond motifs is 2. The molecule has 4 heterocycles. The van der Waals surface area contributed by atoms with Crippen molar-refractivity contribution in [1.29, 1.82) is 0 Å². The van der Waals surface area contributed by atoms with Crippen LogP contribution in [0.15, 0.2) is 65.8 Å². The van der Waals surface area contributed by atoms with E-state index in [1.807, 2.05) is 18.2 Å². The molecule has 1 aromatic carbocycles. The number of halogens is 2. The molecule has 1 aliphatic heterocycles. The molecule has 0 fully saturated rings. The molecule has 0 amide bonds. The van der Waals surface area contributed by atoms with Gasteiger partial charge in [-0.15, -0.1) is 5.73 Å². The van der Waals surface area contributed by atoms with Gasteiger partial charge in [0.2, 0.25) is 0 Å². The minimum atomic E-state index is -0.403. The standard InChI is InChI=1S/C21H13FIN7/c22-12-6-7-13-16(10-12)29-17(14-4-1-2-8-24-14)19(28-13)20(23)30-21-18-15(26-11-27-18)5-3-9-25-21/h1-2,4-11,20H,(H,25,30)(H,26,27)/t20-/m1/s1. The van der Waals surface area contributed by atoms with E-state index in [4.69, 9.17) is 9.98 Å². The van der Waals surface area contributed by atoms with Crippen molar-refractivity contribution in [1.82, 2.24) is 30.2 Å². The zero-order valence-corrected chi connectivity index (χ0v) is 17.5. The number of nitrogens with one attached hydrogen (secondary N) is 2. The van der Waals surface area contributed by atoms with Gasteiger partial charge in [-0.05, 0) is 46.9 Å². The Hall–Kier alpha value is -3.43. The summed E-state index contributed by atoms with van der Waals surface area (Å²) in [6.45, 7) is 0. The van der Waals surface area contributed by atoms with E-state index in [1.54, 1.807) is 30.9 Å². The van der Waals surface area contributed by atoms with Gasteiger partial charge in [-0.1, -0.05) is 6.07 Å². The normalized spacial score (nSPS) is 15.1. The first-order valence-corrected chi connectivity index (χ1v) is 10.3. The number of alkyl halides is 1. The van der Waals surface area contributed by atoms with Crippen LogP contribution < -0.4 is 5.32 Å². The predicted molar refractivity (Wildman–Crippen MR) is 120 cm³/mol. The summed E-state index contributed by atoms with van der Waals surface area (Å²) in [7, 11) is 0. The van der Waals surface area contributed by atoms with Crippen molar-refractivity contribution < 1.29 is 4.39 Å². The van der Waals surface area contributed by atoms with Crippen LogP contribution >= 0.6 is 22.6 Å². The van der Waals surface area contributed by atoms with Crippen LogP contribution in [0.25, 0.3) is 28.5 Å². The van der Waals surface area contributed by atoms with Gasteiger partial charge in [0.05, 0.1) is 28.7 Å². The maximum Gasteiger partial charge on any atom is 0.155 e. The second kappa shape index (κ2) is 7.77. The van der Waals surface area contributed by atoms with Crippen LogP contribution in [0.4, 0.5) is 4.39 Å². The van der Waals surface area contributed by atoms with Crippen molar-refractivity contribution >= 4 is 45.5 Å². The smallest absolute Gasteiger partial charge is 0.155 e. The summed E-state index contributed by atoms with van der Waals surface area (Å²) in [5.41, 5.74) is 7.38. The third-order valence-electron chi connectivity index (χ3n) is 4.44. The summed E-state index contributed by atoms with van der Waals surface area (Å²) >= 11 is 2.20. The number of pyridine rings is 1. The van der Waals surface area contributed by atoms with Crippen molar-refractivity contribution in [3.8, 4) is 11.4 Å². The van der Waals surface area contributed by atoms with Crippen LogP contribution in [0.2, 0.25) is 0 Å². The first-order chi connectivity index (χ1) is 14.7. The zero-order valence-electron chi connectivity index (χ0n) is 15.3. The summed E-state index contributed by atoms with van der Waals surface area (Å²) in [5, 5.41) is 3.11. The highest BCUT2D eigenvalue weighted by Crippen LogP contribution is 2.33. The van der Waals surface area contributed by atoms with Crippen molar-refractivity contribution in [3.63, 3.8) is 0 Å². The largest absolute Gasteiger partial charge is 0.344 e. The third kappa shape index (κ3) is 3.49. The van der Waals surface area contributed by atoms with Crippen molar-refractivity contribution in [2.45, 2.75) is 4.05 Å². The summed E-state index contributed by atoms with van der Waals surface area (Å²) in [6.07, 6.45) is 6.76. The first kappa shape index (κ1) is 18.6. The molecule has 146 valence electrons. The van der Waals surface area contributed by atoms with E-state index >= 15 is 0 Å². The van der Waals surface area contributed by atoms with Gasteiger partial charge < -0.3 is 10.3 Å². The Balaban J connectivity index is 1.66. The molecule has 0 aliphatic carbocycles. The zero-order chi connectivity index (χ0) is 20.5. The molecule has 0 saturated heterocycles. The van der Waals surface area contributed by atoms with E-state index in [2.05, 4.69) is 53.6 Å². The number of imidazole rings is 1. The summed E-state index contributed by atoms with van der Waals surface area (Å²) in [5.74, 6) is 0.218. The average Bonchev–Trinajstić information content (AvgIpc) is 3.16. The van der Waals surface area contributed by atoms with Gasteiger partial charge in [-0.2, -0.15) is 0 Å². The van der Waals surface area contributed by atoms with Gasteiger partial charge in [0, 0.05) is 24.5 Å². The second-order valence-electron chi connectivity index (χ2n) is 6.38. The quantitative estimate of drug-likeness (QED) is 0.187.